The highest BCUT2D eigenvalue weighted by molar-refractivity contribution is 7.86. The fraction of sp³-hybridized carbons (Fsp3) is 0.917. The summed E-state index contributed by atoms with van der Waals surface area (Å²) in [5.41, 5.74) is 0. The Kier molecular flexibility index (Phi) is 5.76. The monoisotopic (exact) mass is 292 g/mol. The van der Waals surface area contributed by atoms with E-state index < -0.39 is 16.2 Å². The molecule has 0 aromatic carbocycles. The summed E-state index contributed by atoms with van der Waals surface area (Å²) in [5, 5.41) is 8.73. The normalized spacial score (nSPS) is 22.1. The zero-order chi connectivity index (χ0) is 14.6. The quantitative estimate of drug-likeness (QED) is 0.796. The molecule has 0 spiro atoms. The van der Waals surface area contributed by atoms with E-state index in [0.29, 0.717) is 19.0 Å². The molecule has 0 aromatic rings. The van der Waals surface area contributed by atoms with E-state index in [9.17, 15) is 13.2 Å². The van der Waals surface area contributed by atoms with Crippen molar-refractivity contribution in [3.05, 3.63) is 0 Å². The number of carbonyl (C=O) groups is 1. The molecule has 19 heavy (non-hydrogen) atoms. The van der Waals surface area contributed by atoms with Crippen molar-refractivity contribution in [2.45, 2.75) is 46.1 Å². The van der Waals surface area contributed by atoms with Gasteiger partial charge in [0.25, 0.3) is 10.2 Å². The highest BCUT2D eigenvalue weighted by atomic mass is 32.2. The summed E-state index contributed by atoms with van der Waals surface area (Å²) < 4.78 is 27.9. The lowest BCUT2D eigenvalue weighted by Gasteiger charge is -2.36. The third-order valence-electron chi connectivity index (χ3n) is 3.36. The first-order valence-electron chi connectivity index (χ1n) is 6.74. The molecule has 1 saturated heterocycles. The van der Waals surface area contributed by atoms with Crippen LogP contribution >= 0.6 is 0 Å². The average molecular weight is 292 g/mol. The van der Waals surface area contributed by atoms with E-state index in [-0.39, 0.29) is 19.0 Å². The number of carboxylic acid groups (broad SMARTS) is 1. The van der Waals surface area contributed by atoms with E-state index in [4.69, 9.17) is 5.11 Å². The lowest BCUT2D eigenvalue weighted by molar-refractivity contribution is -0.137. The molecule has 0 aliphatic carbocycles. The Bertz CT molecular complexity index is 408. The Balaban J connectivity index is 2.83. The third kappa shape index (κ3) is 4.43. The number of hydrogen-bond acceptors (Lipinski definition) is 3. The maximum absolute atomic E-state index is 12.5. The van der Waals surface area contributed by atoms with E-state index in [1.54, 1.807) is 13.8 Å². The molecule has 0 saturated carbocycles. The predicted octanol–water partition coefficient (Wildman–Crippen LogP) is 1.15. The summed E-state index contributed by atoms with van der Waals surface area (Å²) in [6.07, 6.45) is 1.74. The average Bonchev–Trinajstić information content (AvgIpc) is 2.27. The Morgan fingerprint density at radius 2 is 2.11 bits per heavy atom. The minimum atomic E-state index is -3.55. The van der Waals surface area contributed by atoms with Crippen LogP contribution < -0.4 is 0 Å². The molecule has 0 radical (unpaired) electrons. The van der Waals surface area contributed by atoms with Crippen molar-refractivity contribution >= 4 is 16.2 Å². The van der Waals surface area contributed by atoms with Crippen LogP contribution in [-0.2, 0) is 15.0 Å². The molecule has 112 valence electrons. The minimum Gasteiger partial charge on any atom is -0.481 e. The third-order valence-corrected chi connectivity index (χ3v) is 5.55. The molecule has 1 unspecified atom stereocenters. The van der Waals surface area contributed by atoms with Crippen molar-refractivity contribution in [1.29, 1.82) is 0 Å². The van der Waals surface area contributed by atoms with Crippen molar-refractivity contribution in [1.82, 2.24) is 8.61 Å². The molecule has 1 aliphatic rings. The van der Waals surface area contributed by atoms with Gasteiger partial charge in [-0.3, -0.25) is 4.79 Å². The topological polar surface area (TPSA) is 77.9 Å². The number of rotatable bonds is 6. The zero-order valence-electron chi connectivity index (χ0n) is 11.9. The van der Waals surface area contributed by atoms with Gasteiger partial charge in [0.1, 0.15) is 0 Å². The van der Waals surface area contributed by atoms with Crippen molar-refractivity contribution in [2.24, 2.45) is 5.92 Å². The van der Waals surface area contributed by atoms with E-state index in [1.807, 2.05) is 6.92 Å². The summed E-state index contributed by atoms with van der Waals surface area (Å²) in [4.78, 5) is 10.6. The second-order valence-electron chi connectivity index (χ2n) is 5.46. The van der Waals surface area contributed by atoms with Crippen molar-refractivity contribution in [2.75, 3.05) is 19.6 Å². The van der Waals surface area contributed by atoms with Crippen LogP contribution in [-0.4, -0.2) is 53.8 Å². The zero-order valence-corrected chi connectivity index (χ0v) is 12.7. The number of hydrogen-bond donors (Lipinski definition) is 1. The molecule has 0 bridgehead atoms. The Morgan fingerprint density at radius 1 is 1.47 bits per heavy atom. The molecule has 1 aliphatic heterocycles. The first-order valence-corrected chi connectivity index (χ1v) is 8.13. The van der Waals surface area contributed by atoms with E-state index >= 15 is 0 Å². The largest absolute Gasteiger partial charge is 0.481 e. The summed E-state index contributed by atoms with van der Waals surface area (Å²) in [6.45, 7) is 6.67. The molecular weight excluding hydrogens is 268 g/mol. The summed E-state index contributed by atoms with van der Waals surface area (Å²) in [5.74, 6) is -0.620. The summed E-state index contributed by atoms with van der Waals surface area (Å²) >= 11 is 0. The van der Waals surface area contributed by atoms with Gasteiger partial charge in [-0.1, -0.05) is 6.92 Å². The number of piperidine rings is 1. The smallest absolute Gasteiger partial charge is 0.304 e. The van der Waals surface area contributed by atoms with Gasteiger partial charge < -0.3 is 5.11 Å². The van der Waals surface area contributed by atoms with Gasteiger partial charge in [-0.05, 0) is 32.6 Å². The predicted molar refractivity (Wildman–Crippen MR) is 73.0 cm³/mol. The number of nitrogens with zero attached hydrogens (tertiary/aromatic N) is 2. The fourth-order valence-corrected chi connectivity index (χ4v) is 4.30. The van der Waals surface area contributed by atoms with Gasteiger partial charge in [-0.25, -0.2) is 0 Å². The molecule has 1 atom stereocenters. The molecule has 0 aromatic heterocycles. The first kappa shape index (κ1) is 16.4. The van der Waals surface area contributed by atoms with Crippen LogP contribution in [0.1, 0.15) is 40.0 Å². The summed E-state index contributed by atoms with van der Waals surface area (Å²) in [6, 6.07) is -0.235. The van der Waals surface area contributed by atoms with Crippen molar-refractivity contribution in [3.63, 3.8) is 0 Å². The maximum atomic E-state index is 12.5. The SMILES string of the molecule is CC1CCCN(S(=O)(=O)N(CCC(=O)O)C(C)C)C1. The van der Waals surface area contributed by atoms with Crippen LogP contribution in [0.3, 0.4) is 0 Å². The highest BCUT2D eigenvalue weighted by Crippen LogP contribution is 2.22. The van der Waals surface area contributed by atoms with Gasteiger partial charge in [0.05, 0.1) is 6.42 Å². The van der Waals surface area contributed by atoms with Gasteiger partial charge in [0.2, 0.25) is 0 Å². The molecule has 1 rings (SSSR count). The molecule has 6 nitrogen and oxygen atoms in total. The molecule has 7 heteroatoms. The van der Waals surface area contributed by atoms with Crippen LogP contribution in [0.4, 0.5) is 0 Å². The van der Waals surface area contributed by atoms with Gasteiger partial charge in [0.15, 0.2) is 0 Å². The van der Waals surface area contributed by atoms with Crippen molar-refractivity contribution in [3.8, 4) is 0 Å². The van der Waals surface area contributed by atoms with E-state index in [0.717, 1.165) is 12.8 Å². The highest BCUT2D eigenvalue weighted by Gasteiger charge is 2.34. The van der Waals surface area contributed by atoms with Gasteiger partial charge in [-0.2, -0.15) is 17.0 Å². The lowest BCUT2D eigenvalue weighted by atomic mass is 10.0. The minimum absolute atomic E-state index is 0.0280. The van der Waals surface area contributed by atoms with Gasteiger partial charge in [0, 0.05) is 25.7 Å². The van der Waals surface area contributed by atoms with E-state index in [2.05, 4.69) is 0 Å². The van der Waals surface area contributed by atoms with E-state index in [1.165, 1.54) is 8.61 Å². The fourth-order valence-electron chi connectivity index (χ4n) is 2.35. The van der Waals surface area contributed by atoms with Crippen LogP contribution in [0.25, 0.3) is 0 Å². The molecule has 1 N–H and O–H groups in total. The van der Waals surface area contributed by atoms with Crippen LogP contribution in [0.5, 0.6) is 0 Å². The molecule has 0 amide bonds. The molecular formula is C12H24N2O4S. The number of aliphatic carboxylic acids is 1. The maximum Gasteiger partial charge on any atom is 0.304 e. The van der Waals surface area contributed by atoms with Crippen LogP contribution in [0.15, 0.2) is 0 Å². The number of carboxylic acids is 1. The van der Waals surface area contributed by atoms with Gasteiger partial charge in [-0.15, -0.1) is 0 Å². The van der Waals surface area contributed by atoms with Crippen LogP contribution in [0.2, 0.25) is 0 Å². The van der Waals surface area contributed by atoms with Crippen molar-refractivity contribution < 1.29 is 18.3 Å². The molecule has 1 fully saturated rings. The Morgan fingerprint density at radius 3 is 2.58 bits per heavy atom. The second kappa shape index (κ2) is 6.67. The second-order valence-corrected chi connectivity index (χ2v) is 7.34. The Labute approximate surface area is 115 Å². The Hall–Kier alpha value is -0.660. The van der Waals surface area contributed by atoms with Gasteiger partial charge >= 0.3 is 5.97 Å². The van der Waals surface area contributed by atoms with Crippen LogP contribution in [0, 0.1) is 5.92 Å². The standard InChI is InChI=1S/C12H24N2O4S/c1-10(2)14(8-6-12(15)16)19(17,18)13-7-4-5-11(3)9-13/h10-11H,4-9H2,1-3H3,(H,15,16). The summed E-state index contributed by atoms with van der Waals surface area (Å²) in [7, 11) is -3.55. The molecule has 1 heterocycles. The lowest BCUT2D eigenvalue weighted by Crippen LogP contribution is -2.50. The first-order chi connectivity index (χ1) is 8.75.